The fraction of sp³-hybridized carbons (Fsp3) is 0.391. The van der Waals surface area contributed by atoms with Crippen LogP contribution in [0.4, 0.5) is 5.69 Å². The van der Waals surface area contributed by atoms with Gasteiger partial charge in [-0.15, -0.1) is 0 Å². The number of methoxy groups -OCH3 is 1. The molecule has 0 saturated carbocycles. The summed E-state index contributed by atoms with van der Waals surface area (Å²) < 4.78 is 5.30. The fourth-order valence-corrected chi connectivity index (χ4v) is 3.52. The van der Waals surface area contributed by atoms with E-state index < -0.39 is 0 Å². The van der Waals surface area contributed by atoms with Crippen LogP contribution in [0.2, 0.25) is 0 Å². The van der Waals surface area contributed by atoms with Crippen molar-refractivity contribution in [2.75, 3.05) is 45.2 Å². The van der Waals surface area contributed by atoms with Gasteiger partial charge in [-0.25, -0.2) is 0 Å². The first kappa shape index (κ1) is 21.8. The highest BCUT2D eigenvalue weighted by Gasteiger charge is 2.26. The number of nitrogens with one attached hydrogen (secondary N) is 2. The van der Waals surface area contributed by atoms with Crippen molar-refractivity contribution >= 4 is 17.5 Å². The topological polar surface area (TPSA) is 73.9 Å². The molecule has 1 aliphatic rings. The molecule has 7 nitrogen and oxygen atoms in total. The molecular weight excluding hydrogens is 380 g/mol. The monoisotopic (exact) mass is 410 g/mol. The van der Waals surface area contributed by atoms with Crippen molar-refractivity contribution in [3.8, 4) is 5.75 Å². The van der Waals surface area contributed by atoms with Gasteiger partial charge in [0, 0.05) is 32.7 Å². The molecule has 1 atom stereocenters. The van der Waals surface area contributed by atoms with Gasteiger partial charge in [0.05, 0.1) is 25.4 Å². The van der Waals surface area contributed by atoms with Gasteiger partial charge in [0.15, 0.2) is 0 Å². The molecule has 1 aliphatic heterocycles. The summed E-state index contributed by atoms with van der Waals surface area (Å²) in [7, 11) is 1.59. The van der Waals surface area contributed by atoms with Crippen molar-refractivity contribution in [1.29, 1.82) is 0 Å². The Kier molecular flexibility index (Phi) is 7.82. The predicted molar refractivity (Wildman–Crippen MR) is 117 cm³/mol. The molecule has 3 rings (SSSR count). The summed E-state index contributed by atoms with van der Waals surface area (Å²) in [5, 5.41) is 5.92. The highest BCUT2D eigenvalue weighted by Crippen LogP contribution is 2.23. The van der Waals surface area contributed by atoms with E-state index in [-0.39, 0.29) is 17.9 Å². The molecule has 0 radical (unpaired) electrons. The van der Waals surface area contributed by atoms with E-state index in [0.29, 0.717) is 24.5 Å². The number of piperazine rings is 1. The van der Waals surface area contributed by atoms with E-state index >= 15 is 0 Å². The Labute approximate surface area is 178 Å². The van der Waals surface area contributed by atoms with Crippen LogP contribution in [0.5, 0.6) is 5.75 Å². The Morgan fingerprint density at radius 2 is 1.67 bits per heavy atom. The number of anilines is 1. The Morgan fingerprint density at radius 3 is 2.37 bits per heavy atom. The normalized spacial score (nSPS) is 15.9. The Bertz CT molecular complexity index is 835. The van der Waals surface area contributed by atoms with Gasteiger partial charge in [0.2, 0.25) is 11.8 Å². The van der Waals surface area contributed by atoms with Gasteiger partial charge in [-0.1, -0.05) is 42.5 Å². The molecule has 2 aromatic rings. The standard InChI is InChI=1S/C23H30N4O3/c1-18(23(29)25-20-10-6-7-11-21(20)30-2)27-14-12-26(13-15-27)17-22(28)24-16-19-8-4-3-5-9-19/h3-11,18H,12-17H2,1-2H3,(H,24,28)(H,25,29). The van der Waals surface area contributed by atoms with Gasteiger partial charge in [-0.2, -0.15) is 0 Å². The molecule has 1 saturated heterocycles. The van der Waals surface area contributed by atoms with E-state index in [0.717, 1.165) is 31.7 Å². The average molecular weight is 411 g/mol. The number of carbonyl (C=O) groups excluding carboxylic acids is 2. The zero-order valence-corrected chi connectivity index (χ0v) is 17.6. The summed E-state index contributed by atoms with van der Waals surface area (Å²) in [6.07, 6.45) is 0. The van der Waals surface area contributed by atoms with Crippen LogP contribution < -0.4 is 15.4 Å². The molecule has 2 N–H and O–H groups in total. The van der Waals surface area contributed by atoms with E-state index in [4.69, 9.17) is 4.74 Å². The highest BCUT2D eigenvalue weighted by molar-refractivity contribution is 5.95. The molecule has 30 heavy (non-hydrogen) atoms. The first-order chi connectivity index (χ1) is 14.6. The molecule has 0 bridgehead atoms. The zero-order chi connectivity index (χ0) is 21.3. The first-order valence-electron chi connectivity index (χ1n) is 10.3. The van der Waals surface area contributed by atoms with Gasteiger partial charge in [-0.3, -0.25) is 19.4 Å². The van der Waals surface area contributed by atoms with Crippen LogP contribution in [0.25, 0.3) is 0 Å². The van der Waals surface area contributed by atoms with Crippen LogP contribution in [0.1, 0.15) is 12.5 Å². The molecule has 2 amide bonds. The zero-order valence-electron chi connectivity index (χ0n) is 17.6. The molecule has 0 spiro atoms. The van der Waals surface area contributed by atoms with Crippen LogP contribution in [0.3, 0.4) is 0 Å². The van der Waals surface area contributed by atoms with Crippen molar-refractivity contribution in [1.82, 2.24) is 15.1 Å². The number of rotatable bonds is 8. The summed E-state index contributed by atoms with van der Waals surface area (Å²) in [6.45, 7) is 5.82. The minimum Gasteiger partial charge on any atom is -0.495 e. The van der Waals surface area contributed by atoms with Crippen LogP contribution in [-0.2, 0) is 16.1 Å². The second-order valence-corrected chi connectivity index (χ2v) is 7.44. The van der Waals surface area contributed by atoms with E-state index in [2.05, 4.69) is 20.4 Å². The van der Waals surface area contributed by atoms with E-state index in [1.54, 1.807) is 7.11 Å². The number of benzene rings is 2. The molecule has 0 aliphatic carbocycles. The minimum absolute atomic E-state index is 0.0225. The lowest BCUT2D eigenvalue weighted by atomic mass is 10.2. The van der Waals surface area contributed by atoms with Gasteiger partial charge >= 0.3 is 0 Å². The lowest BCUT2D eigenvalue weighted by Crippen LogP contribution is -2.54. The number of hydrogen-bond donors (Lipinski definition) is 2. The molecule has 1 unspecified atom stereocenters. The summed E-state index contributed by atoms with van der Waals surface area (Å²) in [5.74, 6) is 0.604. The highest BCUT2D eigenvalue weighted by atomic mass is 16.5. The van der Waals surface area contributed by atoms with Crippen molar-refractivity contribution in [3.05, 3.63) is 60.2 Å². The maximum Gasteiger partial charge on any atom is 0.241 e. The van der Waals surface area contributed by atoms with Crippen molar-refractivity contribution in [2.45, 2.75) is 19.5 Å². The molecule has 0 aromatic heterocycles. The van der Waals surface area contributed by atoms with Crippen LogP contribution in [-0.4, -0.2) is 67.5 Å². The van der Waals surface area contributed by atoms with E-state index in [9.17, 15) is 9.59 Å². The number of hydrogen-bond acceptors (Lipinski definition) is 5. The van der Waals surface area contributed by atoms with Crippen molar-refractivity contribution in [2.24, 2.45) is 0 Å². The second kappa shape index (κ2) is 10.8. The molecule has 7 heteroatoms. The van der Waals surface area contributed by atoms with Crippen LogP contribution >= 0.6 is 0 Å². The number of ether oxygens (including phenoxy) is 1. The largest absolute Gasteiger partial charge is 0.495 e. The maximum absolute atomic E-state index is 12.7. The molecule has 160 valence electrons. The summed E-state index contributed by atoms with van der Waals surface area (Å²) >= 11 is 0. The third-order valence-electron chi connectivity index (χ3n) is 5.40. The van der Waals surface area contributed by atoms with E-state index in [1.807, 2.05) is 61.5 Å². The maximum atomic E-state index is 12.7. The lowest BCUT2D eigenvalue weighted by Gasteiger charge is -2.37. The van der Waals surface area contributed by atoms with Crippen LogP contribution in [0, 0.1) is 0 Å². The molecule has 2 aromatic carbocycles. The number of para-hydroxylation sites is 2. The Morgan fingerprint density at radius 1 is 1.00 bits per heavy atom. The first-order valence-corrected chi connectivity index (χ1v) is 10.3. The third kappa shape index (κ3) is 6.05. The quantitative estimate of drug-likeness (QED) is 0.696. The fourth-order valence-electron chi connectivity index (χ4n) is 3.52. The van der Waals surface area contributed by atoms with Gasteiger partial charge in [-0.05, 0) is 24.6 Å². The average Bonchev–Trinajstić information content (AvgIpc) is 2.79. The summed E-state index contributed by atoms with van der Waals surface area (Å²) in [6, 6.07) is 17.0. The van der Waals surface area contributed by atoms with Crippen molar-refractivity contribution < 1.29 is 14.3 Å². The number of amides is 2. The SMILES string of the molecule is COc1ccccc1NC(=O)C(C)N1CCN(CC(=O)NCc2ccccc2)CC1. The van der Waals surface area contributed by atoms with Crippen LogP contribution in [0.15, 0.2) is 54.6 Å². The predicted octanol–water partition coefficient (Wildman–Crippen LogP) is 1.96. The smallest absolute Gasteiger partial charge is 0.241 e. The molecular formula is C23H30N4O3. The van der Waals surface area contributed by atoms with Gasteiger partial charge < -0.3 is 15.4 Å². The number of carbonyl (C=O) groups is 2. The lowest BCUT2D eigenvalue weighted by molar-refractivity contribution is -0.124. The Hall–Kier alpha value is -2.90. The molecule has 1 heterocycles. The van der Waals surface area contributed by atoms with Crippen molar-refractivity contribution in [3.63, 3.8) is 0 Å². The summed E-state index contributed by atoms with van der Waals surface area (Å²) in [5.41, 5.74) is 1.76. The Balaban J connectivity index is 1.42. The molecule has 1 fully saturated rings. The third-order valence-corrected chi connectivity index (χ3v) is 5.40. The number of nitrogens with zero attached hydrogens (tertiary/aromatic N) is 2. The van der Waals surface area contributed by atoms with Gasteiger partial charge in [0.1, 0.15) is 5.75 Å². The van der Waals surface area contributed by atoms with E-state index in [1.165, 1.54) is 0 Å². The van der Waals surface area contributed by atoms with Gasteiger partial charge in [0.25, 0.3) is 0 Å². The second-order valence-electron chi connectivity index (χ2n) is 7.44. The summed E-state index contributed by atoms with van der Waals surface area (Å²) in [4.78, 5) is 29.2. The minimum atomic E-state index is -0.260.